The van der Waals surface area contributed by atoms with Crippen LogP contribution in [0.4, 0.5) is 38.3 Å². The van der Waals surface area contributed by atoms with Crippen LogP contribution in [0.25, 0.3) is 0 Å². The van der Waals surface area contributed by atoms with Crippen molar-refractivity contribution in [2.75, 3.05) is 61.5 Å². The van der Waals surface area contributed by atoms with Crippen LogP contribution in [-0.4, -0.2) is 111 Å². The lowest BCUT2D eigenvalue weighted by molar-refractivity contribution is -0.125. The summed E-state index contributed by atoms with van der Waals surface area (Å²) >= 11 is 3.38. The minimum atomic E-state index is -0.658. The third-order valence-electron chi connectivity index (χ3n) is 10.6. The predicted molar refractivity (Wildman–Crippen MR) is 273 cm³/mol. The van der Waals surface area contributed by atoms with E-state index in [2.05, 4.69) is 67.1 Å². The molecule has 3 amide bonds. The lowest BCUT2D eigenvalue weighted by Gasteiger charge is -2.28. The molecule has 22 heteroatoms. The van der Waals surface area contributed by atoms with Crippen molar-refractivity contribution in [3.05, 3.63) is 45.9 Å². The van der Waals surface area contributed by atoms with Crippen molar-refractivity contribution in [2.24, 2.45) is 0 Å². The molecule has 2 atom stereocenters. The fourth-order valence-corrected chi connectivity index (χ4v) is 8.13. The quantitative estimate of drug-likeness (QED) is 0.0437. The standard InChI is InChI=1S/C24H37N7O3S.C19H29N7OS.2H2S/c1-7-18-28-19(13-20(29-18)30-22-27-14-17(35-22)16-9-8-10-16)25-11-12-26-21(32)15(2)31(6)23(33)34-24(3,4)5;1-4-15-24-16(21-8-9-22-18(27)12(2)20-3)10-17(25-15)26-19-23-11-14(28-19)13-6-5-7-13;;/h13-16H,7-12H2,1-6H3,(H,26,32)(H2,25,27,28,29,30);10-13,20H,4-9H2,1-3H3,(H,22,27)(H2,21,23,24,25,26);2*1H2/t15-;12-;;/m00../s1. The maximum absolute atomic E-state index is 12.5. The summed E-state index contributed by atoms with van der Waals surface area (Å²) in [4.78, 5) is 67.5. The molecule has 4 aromatic rings. The SMILES string of the molecule is CCc1nc(NCCNC(=O)[C@H](C)N(C)C(=O)OC(C)(C)C)cc(Nc2ncc(C3CCC3)s2)n1.CCc1nc(NCCNC(=O)[C@H](C)NC)cc(Nc2ncc(C3CCC3)s2)n1.S.S. The van der Waals surface area contributed by atoms with E-state index < -0.39 is 17.7 Å². The lowest BCUT2D eigenvalue weighted by Crippen LogP contribution is -2.48. The maximum atomic E-state index is 12.5. The van der Waals surface area contributed by atoms with Gasteiger partial charge >= 0.3 is 6.09 Å². The maximum Gasteiger partial charge on any atom is 0.410 e. The molecule has 2 aliphatic carbocycles. The van der Waals surface area contributed by atoms with Crippen molar-refractivity contribution in [3.8, 4) is 0 Å². The van der Waals surface area contributed by atoms with Crippen LogP contribution in [0.5, 0.6) is 0 Å². The van der Waals surface area contributed by atoms with E-state index >= 15 is 0 Å². The fourth-order valence-electron chi connectivity index (χ4n) is 6.14. The average Bonchev–Trinajstić information content (AvgIpc) is 3.87. The van der Waals surface area contributed by atoms with Crippen molar-refractivity contribution >= 4 is 101 Å². The summed E-state index contributed by atoms with van der Waals surface area (Å²) in [5.41, 5.74) is -0.619. The first-order valence-electron chi connectivity index (χ1n) is 22.0. The number of rotatable bonds is 20. The van der Waals surface area contributed by atoms with Crippen molar-refractivity contribution < 1.29 is 19.1 Å². The Balaban J connectivity index is 0.000000342. The summed E-state index contributed by atoms with van der Waals surface area (Å²) in [6.45, 7) is 14.8. The monoisotopic (exact) mass is 974 g/mol. The Morgan fingerprint density at radius 2 is 1.15 bits per heavy atom. The van der Waals surface area contributed by atoms with Crippen molar-refractivity contribution in [3.63, 3.8) is 0 Å². The number of nitrogens with one attached hydrogen (secondary N) is 7. The Hall–Kier alpha value is -4.51. The van der Waals surface area contributed by atoms with Gasteiger partial charge in [-0.3, -0.25) is 14.5 Å². The van der Waals surface area contributed by atoms with Gasteiger partial charge in [-0.15, -0.1) is 22.7 Å². The molecule has 0 radical (unpaired) electrons. The van der Waals surface area contributed by atoms with Gasteiger partial charge < -0.3 is 42.0 Å². The number of hydrogen-bond acceptors (Lipinski definition) is 17. The summed E-state index contributed by atoms with van der Waals surface area (Å²) in [5, 5.41) is 23.4. The number of hydrogen-bond donors (Lipinski definition) is 7. The molecule has 0 unspecified atom stereocenters. The molecule has 360 valence electrons. The molecule has 0 aromatic carbocycles. The van der Waals surface area contributed by atoms with Gasteiger partial charge in [0.2, 0.25) is 11.8 Å². The second-order valence-corrected chi connectivity index (χ2v) is 18.8. The van der Waals surface area contributed by atoms with Crippen LogP contribution in [-0.2, 0) is 27.2 Å². The number of thiazole rings is 2. The first kappa shape index (κ1) is 54.8. The topological polar surface area (TPSA) is 225 Å². The number of carbonyl (C=O) groups is 3. The number of aryl methyl sites for hydroxylation is 2. The molecule has 0 aliphatic heterocycles. The average molecular weight is 975 g/mol. The van der Waals surface area contributed by atoms with Gasteiger partial charge in [0, 0.05) is 80.3 Å². The zero-order chi connectivity index (χ0) is 45.5. The molecule has 0 spiro atoms. The van der Waals surface area contributed by atoms with Crippen LogP contribution in [0, 0.1) is 0 Å². The Kier molecular flexibility index (Phi) is 22.4. The highest BCUT2D eigenvalue weighted by molar-refractivity contribution is 7.59. The predicted octanol–water partition coefficient (Wildman–Crippen LogP) is 7.16. The van der Waals surface area contributed by atoms with Crippen LogP contribution in [0.15, 0.2) is 24.5 Å². The second kappa shape index (κ2) is 26.6. The van der Waals surface area contributed by atoms with Gasteiger partial charge in [-0.2, -0.15) is 27.0 Å². The smallest absolute Gasteiger partial charge is 0.410 e. The fraction of sp³-hybridized carbons (Fsp3) is 0.605. The number of anilines is 6. The molecule has 2 saturated carbocycles. The molecule has 4 aromatic heterocycles. The Morgan fingerprint density at radius 1 is 0.723 bits per heavy atom. The number of amides is 3. The zero-order valence-electron chi connectivity index (χ0n) is 39.2. The van der Waals surface area contributed by atoms with Crippen LogP contribution in [0.2, 0.25) is 0 Å². The van der Waals surface area contributed by atoms with Gasteiger partial charge in [-0.05, 0) is 79.2 Å². The molecule has 0 bridgehead atoms. The zero-order valence-corrected chi connectivity index (χ0v) is 42.8. The van der Waals surface area contributed by atoms with Crippen LogP contribution < -0.4 is 37.2 Å². The Bertz CT molecular complexity index is 2110. The van der Waals surface area contributed by atoms with Crippen LogP contribution in [0.3, 0.4) is 0 Å². The number of carbonyl (C=O) groups excluding carboxylic acids is 3. The normalized spacial score (nSPS) is 14.3. The van der Waals surface area contributed by atoms with Gasteiger partial charge in [0.25, 0.3) is 0 Å². The van der Waals surface area contributed by atoms with Crippen molar-refractivity contribution in [2.45, 2.75) is 129 Å². The second-order valence-electron chi connectivity index (χ2n) is 16.7. The molecule has 0 saturated heterocycles. The molecule has 18 nitrogen and oxygen atoms in total. The van der Waals surface area contributed by atoms with Gasteiger partial charge in [0.1, 0.15) is 46.6 Å². The summed E-state index contributed by atoms with van der Waals surface area (Å²) < 4.78 is 5.32. The van der Waals surface area contributed by atoms with Gasteiger partial charge in [-0.25, -0.2) is 34.7 Å². The first-order chi connectivity index (χ1) is 30.1. The molecular weight excluding hydrogens is 905 g/mol. The summed E-state index contributed by atoms with van der Waals surface area (Å²) in [5.74, 6) is 5.36. The van der Waals surface area contributed by atoms with E-state index in [9.17, 15) is 14.4 Å². The Labute approximate surface area is 405 Å². The van der Waals surface area contributed by atoms with E-state index in [-0.39, 0.29) is 44.8 Å². The minimum absolute atomic E-state index is 0. The third-order valence-corrected chi connectivity index (χ3v) is 12.8. The molecule has 2 aliphatic rings. The van der Waals surface area contributed by atoms with E-state index in [4.69, 9.17) is 4.74 Å². The van der Waals surface area contributed by atoms with Crippen LogP contribution >= 0.6 is 49.7 Å². The number of nitrogens with zero attached hydrogens (tertiary/aromatic N) is 7. The third kappa shape index (κ3) is 17.3. The van der Waals surface area contributed by atoms with E-state index in [0.717, 1.165) is 34.1 Å². The molecule has 6 rings (SSSR count). The number of ether oxygens (including phenoxy) is 1. The van der Waals surface area contributed by atoms with E-state index in [0.29, 0.717) is 61.9 Å². The Morgan fingerprint density at radius 3 is 1.54 bits per heavy atom. The summed E-state index contributed by atoms with van der Waals surface area (Å²) in [7, 11) is 3.32. The molecule has 7 N–H and O–H groups in total. The number of aromatic nitrogens is 6. The number of likely N-dealkylation sites (N-methyl/N-ethyl adjacent to an activating group) is 2. The first-order valence-corrected chi connectivity index (χ1v) is 23.7. The summed E-state index contributed by atoms with van der Waals surface area (Å²) in [6, 6.07) is 2.85. The summed E-state index contributed by atoms with van der Waals surface area (Å²) in [6.07, 6.45) is 12.5. The molecule has 2 fully saturated rings. The van der Waals surface area contributed by atoms with E-state index in [1.165, 1.54) is 53.2 Å². The van der Waals surface area contributed by atoms with E-state index in [1.807, 2.05) is 45.3 Å². The van der Waals surface area contributed by atoms with Crippen molar-refractivity contribution in [1.82, 2.24) is 50.8 Å². The highest BCUT2D eigenvalue weighted by Gasteiger charge is 2.27. The lowest BCUT2D eigenvalue weighted by atomic mass is 9.85. The highest BCUT2D eigenvalue weighted by Crippen LogP contribution is 2.41. The largest absolute Gasteiger partial charge is 0.444 e. The van der Waals surface area contributed by atoms with Gasteiger partial charge in [0.15, 0.2) is 10.3 Å². The van der Waals surface area contributed by atoms with Crippen LogP contribution in [0.1, 0.15) is 120 Å². The minimum Gasteiger partial charge on any atom is -0.444 e. The highest BCUT2D eigenvalue weighted by atomic mass is 32.1. The van der Waals surface area contributed by atoms with Gasteiger partial charge in [-0.1, -0.05) is 26.7 Å². The molecular formula is C43H70N14O4S4. The molecule has 65 heavy (non-hydrogen) atoms. The van der Waals surface area contributed by atoms with Gasteiger partial charge in [0.05, 0.1) is 6.04 Å². The van der Waals surface area contributed by atoms with Crippen molar-refractivity contribution in [1.29, 1.82) is 0 Å². The molecule has 4 heterocycles. The van der Waals surface area contributed by atoms with E-state index in [1.54, 1.807) is 64.5 Å².